The zero-order chi connectivity index (χ0) is 19.8. The molecule has 0 bridgehead atoms. The number of rotatable bonds is 5. The molecule has 0 fully saturated rings. The molecule has 0 atom stereocenters. The van der Waals surface area contributed by atoms with Crippen LogP contribution >= 0.6 is 0 Å². The number of sulfonamides is 1. The Balaban J connectivity index is 1.81. The van der Waals surface area contributed by atoms with Crippen LogP contribution < -0.4 is 10.3 Å². The second-order valence-corrected chi connectivity index (χ2v) is 8.46. The lowest BCUT2D eigenvalue weighted by Gasteiger charge is -2.10. The summed E-state index contributed by atoms with van der Waals surface area (Å²) < 4.78 is 40.5. The third-order valence-corrected chi connectivity index (χ3v) is 6.12. The molecule has 0 unspecified atom stereocenters. The van der Waals surface area contributed by atoms with Gasteiger partial charge in [0.15, 0.2) is 0 Å². The van der Waals surface area contributed by atoms with Gasteiger partial charge in [0.25, 0.3) is 5.56 Å². The van der Waals surface area contributed by atoms with Crippen molar-refractivity contribution in [2.75, 3.05) is 6.54 Å². The predicted octanol–water partition coefficient (Wildman–Crippen LogP) is 3.11. The summed E-state index contributed by atoms with van der Waals surface area (Å²) in [6.07, 6.45) is 0.248. The topological polar surface area (TPSA) is 79.0 Å². The van der Waals surface area contributed by atoms with Crippen molar-refractivity contribution in [3.63, 3.8) is 0 Å². The number of nitrogens with one attached hydrogen (secondary N) is 2. The molecule has 0 radical (unpaired) electrons. The smallest absolute Gasteiger partial charge is 0.251 e. The maximum Gasteiger partial charge on any atom is 0.251 e. The highest BCUT2D eigenvalue weighted by atomic mass is 32.2. The molecular weight excluding hydrogens is 367 g/mol. The van der Waals surface area contributed by atoms with Gasteiger partial charge in [-0.25, -0.2) is 17.5 Å². The fraction of sp³-hybridized carbons (Fsp3) is 0.250. The Morgan fingerprint density at radius 2 is 1.78 bits per heavy atom. The van der Waals surface area contributed by atoms with Gasteiger partial charge in [-0.1, -0.05) is 6.07 Å². The van der Waals surface area contributed by atoms with Crippen molar-refractivity contribution in [1.29, 1.82) is 0 Å². The van der Waals surface area contributed by atoms with Crippen molar-refractivity contribution < 1.29 is 12.8 Å². The van der Waals surface area contributed by atoms with E-state index in [0.29, 0.717) is 11.1 Å². The quantitative estimate of drug-likeness (QED) is 0.705. The summed E-state index contributed by atoms with van der Waals surface area (Å²) >= 11 is 0. The van der Waals surface area contributed by atoms with Gasteiger partial charge in [-0.05, 0) is 74.2 Å². The van der Waals surface area contributed by atoms with Gasteiger partial charge in [0.05, 0.1) is 4.90 Å². The third-order valence-electron chi connectivity index (χ3n) is 4.50. The summed E-state index contributed by atoms with van der Waals surface area (Å²) in [6, 6.07) is 9.27. The lowest BCUT2D eigenvalue weighted by atomic mass is 10.0. The summed E-state index contributed by atoms with van der Waals surface area (Å²) in [4.78, 5) is 15.2. The molecule has 3 rings (SSSR count). The van der Waals surface area contributed by atoms with Gasteiger partial charge in [-0.3, -0.25) is 4.79 Å². The molecule has 1 aromatic heterocycles. The van der Waals surface area contributed by atoms with E-state index in [0.717, 1.165) is 28.1 Å². The van der Waals surface area contributed by atoms with Crippen LogP contribution in [0.1, 0.15) is 22.3 Å². The van der Waals surface area contributed by atoms with Crippen LogP contribution in [0.15, 0.2) is 46.1 Å². The summed E-state index contributed by atoms with van der Waals surface area (Å²) in [5, 5.41) is 0.937. The van der Waals surface area contributed by atoms with Gasteiger partial charge in [-0.2, -0.15) is 0 Å². The first-order valence-electron chi connectivity index (χ1n) is 8.56. The normalized spacial score (nSPS) is 11.9. The predicted molar refractivity (Wildman–Crippen MR) is 104 cm³/mol. The van der Waals surface area contributed by atoms with Crippen LogP contribution in [0.2, 0.25) is 0 Å². The first-order chi connectivity index (χ1) is 12.7. The van der Waals surface area contributed by atoms with Crippen LogP contribution in [-0.4, -0.2) is 19.9 Å². The molecule has 2 N–H and O–H groups in total. The third kappa shape index (κ3) is 4.09. The van der Waals surface area contributed by atoms with E-state index in [2.05, 4.69) is 9.71 Å². The molecule has 142 valence electrons. The summed E-state index contributed by atoms with van der Waals surface area (Å²) in [5.41, 5.74) is 3.48. The average Bonchev–Trinajstić information content (AvgIpc) is 2.55. The number of H-pyrrole nitrogens is 1. The highest BCUT2D eigenvalue weighted by Crippen LogP contribution is 2.19. The Labute approximate surface area is 157 Å². The zero-order valence-corrected chi connectivity index (χ0v) is 16.2. The Hall–Kier alpha value is -2.51. The lowest BCUT2D eigenvalue weighted by Crippen LogP contribution is -2.28. The minimum atomic E-state index is -3.78. The van der Waals surface area contributed by atoms with Crippen LogP contribution in [0.5, 0.6) is 0 Å². The van der Waals surface area contributed by atoms with E-state index in [1.807, 2.05) is 26.0 Å². The SMILES string of the molecule is Cc1cc(C)c2cc(CCNS(=O)(=O)c3ccc(F)cc3C)c(=O)[nH]c2c1. The minimum absolute atomic E-state index is 0.0302. The monoisotopic (exact) mass is 388 g/mol. The van der Waals surface area contributed by atoms with E-state index in [9.17, 15) is 17.6 Å². The maximum atomic E-state index is 13.2. The number of pyridine rings is 1. The number of aryl methyl sites for hydroxylation is 3. The number of hydrogen-bond acceptors (Lipinski definition) is 3. The number of benzene rings is 2. The van der Waals surface area contributed by atoms with E-state index in [4.69, 9.17) is 0 Å². The molecule has 0 aliphatic rings. The fourth-order valence-electron chi connectivity index (χ4n) is 3.21. The van der Waals surface area contributed by atoms with E-state index >= 15 is 0 Å². The van der Waals surface area contributed by atoms with Crippen LogP contribution in [0.3, 0.4) is 0 Å². The van der Waals surface area contributed by atoms with E-state index < -0.39 is 15.8 Å². The minimum Gasteiger partial charge on any atom is -0.322 e. The Kier molecular flexibility index (Phi) is 5.17. The Morgan fingerprint density at radius 3 is 2.48 bits per heavy atom. The highest BCUT2D eigenvalue weighted by molar-refractivity contribution is 7.89. The highest BCUT2D eigenvalue weighted by Gasteiger charge is 2.17. The number of aromatic nitrogens is 1. The zero-order valence-electron chi connectivity index (χ0n) is 15.4. The van der Waals surface area contributed by atoms with Gasteiger partial charge < -0.3 is 4.98 Å². The molecule has 0 saturated carbocycles. The number of hydrogen-bond donors (Lipinski definition) is 2. The van der Waals surface area contributed by atoms with Crippen molar-refractivity contribution in [2.24, 2.45) is 0 Å². The van der Waals surface area contributed by atoms with Crippen molar-refractivity contribution in [3.05, 3.63) is 74.8 Å². The number of fused-ring (bicyclic) bond motifs is 1. The lowest BCUT2D eigenvalue weighted by molar-refractivity contribution is 0.579. The van der Waals surface area contributed by atoms with E-state index in [-0.39, 0.29) is 23.4 Å². The molecule has 3 aromatic rings. The molecule has 0 aliphatic heterocycles. The van der Waals surface area contributed by atoms with Crippen molar-refractivity contribution in [2.45, 2.75) is 32.1 Å². The molecule has 27 heavy (non-hydrogen) atoms. The van der Waals surface area contributed by atoms with Gasteiger partial charge in [0.2, 0.25) is 10.0 Å². The van der Waals surface area contributed by atoms with E-state index in [1.165, 1.54) is 19.1 Å². The number of halogens is 1. The Bertz CT molecular complexity index is 1180. The summed E-state index contributed by atoms with van der Waals surface area (Å²) in [5.74, 6) is -0.486. The fourth-order valence-corrected chi connectivity index (χ4v) is 4.47. The molecule has 0 amide bonds. The van der Waals surface area contributed by atoms with Gasteiger partial charge in [0, 0.05) is 23.0 Å². The molecule has 7 heteroatoms. The Morgan fingerprint density at radius 1 is 1.04 bits per heavy atom. The molecule has 0 spiro atoms. The largest absolute Gasteiger partial charge is 0.322 e. The van der Waals surface area contributed by atoms with Gasteiger partial charge >= 0.3 is 0 Å². The number of aromatic amines is 1. The van der Waals surface area contributed by atoms with Crippen molar-refractivity contribution >= 4 is 20.9 Å². The van der Waals surface area contributed by atoms with E-state index in [1.54, 1.807) is 6.07 Å². The van der Waals surface area contributed by atoms with Crippen molar-refractivity contribution in [3.8, 4) is 0 Å². The molecule has 0 aliphatic carbocycles. The summed E-state index contributed by atoms with van der Waals surface area (Å²) in [7, 11) is -3.78. The second kappa shape index (κ2) is 7.25. The molecule has 2 aromatic carbocycles. The standard InChI is InChI=1S/C20H21FN2O3S/c1-12-8-13(2)17-11-15(20(24)23-18(17)9-12)6-7-22-27(25,26)19-5-4-16(21)10-14(19)3/h4-5,8-11,22H,6-7H2,1-3H3,(H,23,24). The molecule has 5 nitrogen and oxygen atoms in total. The second-order valence-electron chi connectivity index (χ2n) is 6.72. The van der Waals surface area contributed by atoms with Gasteiger partial charge in [0.1, 0.15) is 5.82 Å². The van der Waals surface area contributed by atoms with Crippen molar-refractivity contribution in [1.82, 2.24) is 9.71 Å². The maximum absolute atomic E-state index is 13.2. The molecule has 1 heterocycles. The molecule has 0 saturated heterocycles. The van der Waals surface area contributed by atoms with Gasteiger partial charge in [-0.15, -0.1) is 0 Å². The van der Waals surface area contributed by atoms with Crippen LogP contribution in [0, 0.1) is 26.6 Å². The average molecular weight is 388 g/mol. The van der Waals surface area contributed by atoms with Crippen LogP contribution in [-0.2, 0) is 16.4 Å². The van der Waals surface area contributed by atoms with Crippen LogP contribution in [0.4, 0.5) is 4.39 Å². The summed E-state index contributed by atoms with van der Waals surface area (Å²) in [6.45, 7) is 5.54. The molecular formula is C20H21FN2O3S. The first kappa shape index (κ1) is 19.3. The first-order valence-corrected chi connectivity index (χ1v) is 10.0. The van der Waals surface area contributed by atoms with Crippen LogP contribution in [0.25, 0.3) is 10.9 Å².